The first-order chi connectivity index (χ1) is 9.93. The lowest BCUT2D eigenvalue weighted by atomic mass is 10.2. The molecule has 0 fully saturated rings. The fourth-order valence-electron chi connectivity index (χ4n) is 1.52. The Labute approximate surface area is 131 Å². The van der Waals surface area contributed by atoms with E-state index in [1.54, 1.807) is 6.92 Å². The average molecular weight is 314 g/mol. The van der Waals surface area contributed by atoms with E-state index in [1.807, 2.05) is 13.8 Å². The average Bonchev–Trinajstić information content (AvgIpc) is 2.45. The van der Waals surface area contributed by atoms with Crippen molar-refractivity contribution in [3.8, 4) is 0 Å². The molecule has 1 aromatic rings. The lowest BCUT2D eigenvalue weighted by Gasteiger charge is -2.16. The molecule has 0 spiro atoms. The van der Waals surface area contributed by atoms with Crippen molar-refractivity contribution < 1.29 is 4.79 Å². The quantitative estimate of drug-likeness (QED) is 0.687. The first-order valence-electron chi connectivity index (χ1n) is 7.24. The Balaban J connectivity index is 2.65. The van der Waals surface area contributed by atoms with E-state index in [4.69, 9.17) is 11.6 Å². The minimum absolute atomic E-state index is 0.0820. The van der Waals surface area contributed by atoms with Crippen molar-refractivity contribution in [2.24, 2.45) is 5.92 Å². The number of halogens is 1. The minimum atomic E-state index is -0.421. The lowest BCUT2D eigenvalue weighted by Crippen LogP contribution is -2.39. The van der Waals surface area contributed by atoms with Crippen LogP contribution in [0.15, 0.2) is 6.20 Å². The van der Waals surface area contributed by atoms with Crippen molar-refractivity contribution in [2.75, 3.05) is 23.7 Å². The third kappa shape index (κ3) is 6.16. The third-order valence-electron chi connectivity index (χ3n) is 2.71. The van der Waals surface area contributed by atoms with E-state index in [9.17, 15) is 4.79 Å². The van der Waals surface area contributed by atoms with Gasteiger partial charge in [-0.3, -0.25) is 4.79 Å². The van der Waals surface area contributed by atoms with Gasteiger partial charge < -0.3 is 16.0 Å². The van der Waals surface area contributed by atoms with Crippen LogP contribution in [-0.4, -0.2) is 35.0 Å². The van der Waals surface area contributed by atoms with Gasteiger partial charge in [0.15, 0.2) is 5.82 Å². The minimum Gasteiger partial charge on any atom is -0.357 e. The van der Waals surface area contributed by atoms with E-state index in [0.717, 1.165) is 13.0 Å². The first-order valence-corrected chi connectivity index (χ1v) is 7.62. The molecule has 0 aliphatic rings. The zero-order valence-corrected chi connectivity index (χ0v) is 13.8. The van der Waals surface area contributed by atoms with Crippen LogP contribution in [0, 0.1) is 5.92 Å². The molecule has 6 nitrogen and oxygen atoms in total. The zero-order chi connectivity index (χ0) is 15.8. The van der Waals surface area contributed by atoms with Gasteiger partial charge in [0.1, 0.15) is 11.1 Å². The van der Waals surface area contributed by atoms with E-state index >= 15 is 0 Å². The first kappa shape index (κ1) is 17.5. The van der Waals surface area contributed by atoms with E-state index < -0.39 is 6.04 Å². The highest BCUT2D eigenvalue weighted by Crippen LogP contribution is 2.20. The van der Waals surface area contributed by atoms with Crippen LogP contribution < -0.4 is 16.0 Å². The van der Waals surface area contributed by atoms with Gasteiger partial charge in [-0.2, -0.15) is 4.98 Å². The van der Waals surface area contributed by atoms with E-state index in [1.165, 1.54) is 6.20 Å². The summed E-state index contributed by atoms with van der Waals surface area (Å²) in [5, 5.41) is 9.35. The molecule has 0 radical (unpaired) electrons. The molecule has 0 saturated heterocycles. The lowest BCUT2D eigenvalue weighted by molar-refractivity contribution is -0.121. The maximum Gasteiger partial charge on any atom is 0.242 e. The summed E-state index contributed by atoms with van der Waals surface area (Å²) in [4.78, 5) is 20.3. The summed E-state index contributed by atoms with van der Waals surface area (Å²) in [6, 6.07) is -0.421. The monoisotopic (exact) mass is 313 g/mol. The van der Waals surface area contributed by atoms with Crippen LogP contribution in [0.25, 0.3) is 0 Å². The van der Waals surface area contributed by atoms with Gasteiger partial charge in [-0.05, 0) is 19.3 Å². The van der Waals surface area contributed by atoms with Crippen molar-refractivity contribution in [1.82, 2.24) is 15.3 Å². The maximum absolute atomic E-state index is 11.9. The Kier molecular flexibility index (Phi) is 7.22. The number of aromatic nitrogens is 2. The normalized spacial score (nSPS) is 12.1. The summed E-state index contributed by atoms with van der Waals surface area (Å²) in [5.41, 5.74) is 0. The van der Waals surface area contributed by atoms with Gasteiger partial charge in [-0.1, -0.05) is 32.4 Å². The number of carbonyl (C=O) groups is 1. The number of nitrogens with one attached hydrogen (secondary N) is 3. The molecule has 0 aliphatic heterocycles. The molecule has 1 rings (SSSR count). The van der Waals surface area contributed by atoms with Gasteiger partial charge in [-0.25, -0.2) is 4.98 Å². The molecule has 21 heavy (non-hydrogen) atoms. The zero-order valence-electron chi connectivity index (χ0n) is 13.0. The Morgan fingerprint density at radius 1 is 1.38 bits per heavy atom. The Bertz CT molecular complexity index is 467. The molecule has 7 heteroatoms. The fraction of sp³-hybridized carbons (Fsp3) is 0.643. The molecule has 3 N–H and O–H groups in total. The van der Waals surface area contributed by atoms with E-state index in [0.29, 0.717) is 29.3 Å². The van der Waals surface area contributed by atoms with Crippen LogP contribution in [0.4, 0.5) is 11.8 Å². The molecule has 0 saturated carbocycles. The Hall–Kier alpha value is -1.56. The molecule has 1 heterocycles. The maximum atomic E-state index is 11.9. The summed E-state index contributed by atoms with van der Waals surface area (Å²) in [5.74, 6) is 1.28. The van der Waals surface area contributed by atoms with Crippen LogP contribution in [0.3, 0.4) is 0 Å². The second-order valence-corrected chi connectivity index (χ2v) is 5.73. The number of rotatable bonds is 8. The van der Waals surface area contributed by atoms with Crippen LogP contribution in [-0.2, 0) is 4.79 Å². The molecule has 1 unspecified atom stereocenters. The molecule has 118 valence electrons. The van der Waals surface area contributed by atoms with E-state index in [2.05, 4.69) is 32.8 Å². The number of anilines is 2. The summed E-state index contributed by atoms with van der Waals surface area (Å²) < 4.78 is 0. The van der Waals surface area contributed by atoms with Crippen LogP contribution in [0.5, 0.6) is 0 Å². The van der Waals surface area contributed by atoms with Crippen molar-refractivity contribution in [2.45, 2.75) is 40.2 Å². The highest BCUT2D eigenvalue weighted by Gasteiger charge is 2.15. The number of carbonyl (C=O) groups excluding carboxylic acids is 1. The van der Waals surface area contributed by atoms with Crippen molar-refractivity contribution in [1.29, 1.82) is 0 Å². The number of hydrogen-bond acceptors (Lipinski definition) is 5. The van der Waals surface area contributed by atoms with Gasteiger partial charge >= 0.3 is 0 Å². The Morgan fingerprint density at radius 3 is 2.71 bits per heavy atom. The van der Waals surface area contributed by atoms with Gasteiger partial charge in [0.25, 0.3) is 0 Å². The predicted molar refractivity (Wildman–Crippen MR) is 86.8 cm³/mol. The number of hydrogen-bond donors (Lipinski definition) is 3. The SMILES string of the molecule is CCCNc1ncc(Cl)c(NC(C)C(=O)NCC(C)C)n1. The third-order valence-corrected chi connectivity index (χ3v) is 2.98. The second kappa shape index (κ2) is 8.67. The molecule has 1 atom stereocenters. The van der Waals surface area contributed by atoms with Gasteiger partial charge in [0, 0.05) is 13.1 Å². The second-order valence-electron chi connectivity index (χ2n) is 5.32. The molecule has 0 aliphatic carbocycles. The van der Waals surface area contributed by atoms with E-state index in [-0.39, 0.29) is 5.91 Å². The van der Waals surface area contributed by atoms with Crippen molar-refractivity contribution >= 4 is 29.3 Å². The smallest absolute Gasteiger partial charge is 0.242 e. The van der Waals surface area contributed by atoms with Crippen LogP contribution in [0.2, 0.25) is 5.02 Å². The summed E-state index contributed by atoms with van der Waals surface area (Å²) >= 11 is 6.06. The Morgan fingerprint density at radius 2 is 2.10 bits per heavy atom. The summed E-state index contributed by atoms with van der Waals surface area (Å²) in [7, 11) is 0. The fourth-order valence-corrected chi connectivity index (χ4v) is 1.66. The highest BCUT2D eigenvalue weighted by atomic mass is 35.5. The van der Waals surface area contributed by atoms with Gasteiger partial charge in [0.2, 0.25) is 11.9 Å². The standard InChI is InChI=1S/C14H24ClN5O/c1-5-6-16-14-18-8-11(15)12(20-14)19-10(4)13(21)17-7-9(2)3/h8-10H,5-7H2,1-4H3,(H,17,21)(H2,16,18,19,20). The highest BCUT2D eigenvalue weighted by molar-refractivity contribution is 6.32. The van der Waals surface area contributed by atoms with Gasteiger partial charge in [0.05, 0.1) is 6.20 Å². The van der Waals surface area contributed by atoms with Crippen LogP contribution >= 0.6 is 11.6 Å². The number of amides is 1. The summed E-state index contributed by atoms with van der Waals surface area (Å²) in [6.45, 7) is 9.35. The summed E-state index contributed by atoms with van der Waals surface area (Å²) in [6.07, 6.45) is 2.50. The topological polar surface area (TPSA) is 78.9 Å². The van der Waals surface area contributed by atoms with Crippen molar-refractivity contribution in [3.63, 3.8) is 0 Å². The van der Waals surface area contributed by atoms with Crippen molar-refractivity contribution in [3.05, 3.63) is 11.2 Å². The van der Waals surface area contributed by atoms with Crippen LogP contribution in [0.1, 0.15) is 34.1 Å². The predicted octanol–water partition coefficient (Wildman–Crippen LogP) is 2.52. The molecule has 0 aromatic carbocycles. The molecule has 0 bridgehead atoms. The molecular weight excluding hydrogens is 290 g/mol. The number of nitrogens with zero attached hydrogens (tertiary/aromatic N) is 2. The molecule has 1 amide bonds. The molecule has 1 aromatic heterocycles. The van der Waals surface area contributed by atoms with Gasteiger partial charge in [-0.15, -0.1) is 0 Å². The largest absolute Gasteiger partial charge is 0.357 e. The molecular formula is C14H24ClN5O.